The first-order chi connectivity index (χ1) is 6.29. The third-order valence-electron chi connectivity index (χ3n) is 1.69. The topological polar surface area (TPSA) is 15.8 Å². The number of aryl methyl sites for hydroxylation is 2. The zero-order chi connectivity index (χ0) is 9.52. The molecule has 0 bridgehead atoms. The average Bonchev–Trinajstić information content (AvgIpc) is 2.58. The van der Waals surface area contributed by atoms with Crippen LogP contribution in [0.3, 0.4) is 0 Å². The summed E-state index contributed by atoms with van der Waals surface area (Å²) in [7, 11) is 0. The molecule has 76 valence electrons. The molecule has 0 aliphatic carbocycles. The third-order valence-corrected chi connectivity index (χ3v) is 1.69. The summed E-state index contributed by atoms with van der Waals surface area (Å²) in [5.41, 5.74) is 2.54. The van der Waals surface area contributed by atoms with Crippen molar-refractivity contribution >= 4 is 0 Å². The van der Waals surface area contributed by atoms with Gasteiger partial charge in [0.05, 0.1) is 0 Å². The van der Waals surface area contributed by atoms with Crippen LogP contribution in [0.5, 0.6) is 0 Å². The Morgan fingerprint density at radius 2 is 1.50 bits per heavy atom. The van der Waals surface area contributed by atoms with Crippen molar-refractivity contribution in [3.63, 3.8) is 0 Å². The van der Waals surface area contributed by atoms with Crippen molar-refractivity contribution < 1.29 is 0 Å². The second-order valence-electron chi connectivity index (χ2n) is 3.01. The van der Waals surface area contributed by atoms with Crippen LogP contribution in [-0.2, 0) is 0 Å². The summed E-state index contributed by atoms with van der Waals surface area (Å²) in [4.78, 5) is 3.00. The molecule has 0 atom stereocenters. The number of H-pyrrole nitrogens is 1. The van der Waals surface area contributed by atoms with Crippen LogP contribution < -0.4 is 0 Å². The first-order valence-electron chi connectivity index (χ1n) is 4.40. The van der Waals surface area contributed by atoms with E-state index < -0.39 is 0 Å². The van der Waals surface area contributed by atoms with Crippen LogP contribution in [0.4, 0.5) is 0 Å². The van der Waals surface area contributed by atoms with E-state index in [4.69, 9.17) is 0 Å². The van der Waals surface area contributed by atoms with E-state index in [1.807, 2.05) is 43.5 Å². The predicted octanol–water partition coefficient (Wildman–Crippen LogP) is 3.95. The average molecular weight is 189 g/mol. The Balaban J connectivity index is 0.000000227. The number of rotatable bonds is 0. The number of aromatic amines is 1. The molecule has 14 heavy (non-hydrogen) atoms. The maximum absolute atomic E-state index is 3.00. The van der Waals surface area contributed by atoms with Crippen molar-refractivity contribution in [1.82, 2.24) is 4.98 Å². The summed E-state index contributed by atoms with van der Waals surface area (Å²) < 4.78 is 0. The maximum atomic E-state index is 3.00. The molecule has 0 aliphatic rings. The smallest absolute Gasteiger partial charge is 0.0115 e. The molecule has 0 amide bonds. The standard InChI is InChI=1S/C7H8.C5H7N.CH4/c1-7-5-3-2-4-6-7;1-5-3-2-4-6-5;/h2-6H,1H3;2-4,6H,1H3;1H4. The van der Waals surface area contributed by atoms with Crippen molar-refractivity contribution in [2.45, 2.75) is 21.3 Å². The molecule has 0 saturated carbocycles. The monoisotopic (exact) mass is 189 g/mol. The highest BCUT2D eigenvalue weighted by atomic mass is 14.7. The summed E-state index contributed by atoms with van der Waals surface area (Å²) in [6.07, 6.45) is 1.91. The summed E-state index contributed by atoms with van der Waals surface area (Å²) in [5, 5.41) is 0. The van der Waals surface area contributed by atoms with Gasteiger partial charge in [-0.1, -0.05) is 43.3 Å². The minimum atomic E-state index is 0. The van der Waals surface area contributed by atoms with Crippen molar-refractivity contribution in [1.29, 1.82) is 0 Å². The first-order valence-corrected chi connectivity index (χ1v) is 4.40. The maximum Gasteiger partial charge on any atom is 0.0115 e. The number of benzene rings is 1. The molecule has 0 spiro atoms. The Morgan fingerprint density at radius 3 is 1.71 bits per heavy atom. The lowest BCUT2D eigenvalue weighted by molar-refractivity contribution is 1.27. The van der Waals surface area contributed by atoms with Gasteiger partial charge in [0.1, 0.15) is 0 Å². The normalized spacial score (nSPS) is 8.14. The highest BCUT2D eigenvalue weighted by Gasteiger charge is 1.72. The lowest BCUT2D eigenvalue weighted by Crippen LogP contribution is -1.62. The Kier molecular flexibility index (Phi) is 6.21. The molecular weight excluding hydrogens is 170 g/mol. The first kappa shape index (κ1) is 12.5. The number of hydrogen-bond acceptors (Lipinski definition) is 0. The van der Waals surface area contributed by atoms with Gasteiger partial charge < -0.3 is 4.98 Å². The molecule has 0 unspecified atom stereocenters. The van der Waals surface area contributed by atoms with E-state index >= 15 is 0 Å². The molecule has 0 fully saturated rings. The second kappa shape index (κ2) is 6.96. The summed E-state index contributed by atoms with van der Waals surface area (Å²) in [6, 6.07) is 14.3. The Labute approximate surface area is 86.8 Å². The van der Waals surface area contributed by atoms with Crippen LogP contribution in [0.2, 0.25) is 0 Å². The van der Waals surface area contributed by atoms with Crippen molar-refractivity contribution in [3.8, 4) is 0 Å². The van der Waals surface area contributed by atoms with Crippen molar-refractivity contribution in [3.05, 3.63) is 59.9 Å². The van der Waals surface area contributed by atoms with Gasteiger partial charge in [-0.05, 0) is 26.0 Å². The molecular formula is C13H19N. The van der Waals surface area contributed by atoms with E-state index in [-0.39, 0.29) is 7.43 Å². The van der Waals surface area contributed by atoms with Crippen LogP contribution >= 0.6 is 0 Å². The fraction of sp³-hybridized carbons (Fsp3) is 0.231. The van der Waals surface area contributed by atoms with E-state index in [0.717, 1.165) is 0 Å². The van der Waals surface area contributed by atoms with Gasteiger partial charge in [-0.25, -0.2) is 0 Å². The molecule has 0 radical (unpaired) electrons. The van der Waals surface area contributed by atoms with E-state index in [9.17, 15) is 0 Å². The van der Waals surface area contributed by atoms with Gasteiger partial charge in [-0.3, -0.25) is 0 Å². The molecule has 0 saturated heterocycles. The Morgan fingerprint density at radius 1 is 0.857 bits per heavy atom. The molecule has 1 heterocycles. The third kappa shape index (κ3) is 5.20. The fourth-order valence-electron chi connectivity index (χ4n) is 0.954. The van der Waals surface area contributed by atoms with Gasteiger partial charge in [0.15, 0.2) is 0 Å². The minimum Gasteiger partial charge on any atom is -0.365 e. The lowest BCUT2D eigenvalue weighted by atomic mass is 10.2. The van der Waals surface area contributed by atoms with Gasteiger partial charge in [-0.2, -0.15) is 0 Å². The zero-order valence-corrected chi connectivity index (χ0v) is 8.12. The van der Waals surface area contributed by atoms with Crippen molar-refractivity contribution in [2.24, 2.45) is 0 Å². The zero-order valence-electron chi connectivity index (χ0n) is 8.12. The van der Waals surface area contributed by atoms with Crippen LogP contribution in [0.1, 0.15) is 18.7 Å². The van der Waals surface area contributed by atoms with E-state index in [0.29, 0.717) is 0 Å². The number of nitrogens with one attached hydrogen (secondary N) is 1. The van der Waals surface area contributed by atoms with E-state index in [1.54, 1.807) is 0 Å². The van der Waals surface area contributed by atoms with Crippen molar-refractivity contribution in [2.75, 3.05) is 0 Å². The summed E-state index contributed by atoms with van der Waals surface area (Å²) >= 11 is 0. The van der Waals surface area contributed by atoms with E-state index in [2.05, 4.69) is 24.0 Å². The Hall–Kier alpha value is -1.50. The highest BCUT2D eigenvalue weighted by Crippen LogP contribution is 1.92. The molecule has 1 N–H and O–H groups in total. The van der Waals surface area contributed by atoms with Gasteiger partial charge in [-0.15, -0.1) is 0 Å². The largest absolute Gasteiger partial charge is 0.365 e. The predicted molar refractivity (Wildman–Crippen MR) is 63.4 cm³/mol. The van der Waals surface area contributed by atoms with Crippen LogP contribution in [-0.4, -0.2) is 4.98 Å². The highest BCUT2D eigenvalue weighted by molar-refractivity contribution is 5.11. The minimum absolute atomic E-state index is 0. The van der Waals surface area contributed by atoms with Gasteiger partial charge >= 0.3 is 0 Å². The quantitative estimate of drug-likeness (QED) is 0.645. The lowest BCUT2D eigenvalue weighted by Gasteiger charge is -1.82. The van der Waals surface area contributed by atoms with Gasteiger partial charge in [0.25, 0.3) is 0 Å². The van der Waals surface area contributed by atoms with E-state index in [1.165, 1.54) is 11.3 Å². The van der Waals surface area contributed by atoms with Crippen LogP contribution in [0.25, 0.3) is 0 Å². The van der Waals surface area contributed by atoms with Gasteiger partial charge in [0.2, 0.25) is 0 Å². The molecule has 2 rings (SSSR count). The summed E-state index contributed by atoms with van der Waals surface area (Å²) in [6.45, 7) is 4.11. The second-order valence-corrected chi connectivity index (χ2v) is 3.01. The SMILES string of the molecule is C.Cc1ccc[nH]1.Cc1ccccc1. The van der Waals surface area contributed by atoms with Crippen LogP contribution in [0.15, 0.2) is 48.7 Å². The molecule has 1 heteroatoms. The van der Waals surface area contributed by atoms with Gasteiger partial charge in [0, 0.05) is 11.9 Å². The number of aromatic nitrogens is 1. The molecule has 1 aromatic carbocycles. The number of hydrogen-bond donors (Lipinski definition) is 1. The molecule has 1 nitrogen and oxygen atoms in total. The summed E-state index contributed by atoms with van der Waals surface area (Å²) in [5.74, 6) is 0. The molecule has 0 aliphatic heterocycles. The molecule has 1 aromatic heterocycles. The Bertz CT molecular complexity index is 308. The molecule has 2 aromatic rings. The van der Waals surface area contributed by atoms with Crippen LogP contribution in [0, 0.1) is 13.8 Å². The fourth-order valence-corrected chi connectivity index (χ4v) is 0.954.